The average Bonchev–Trinajstić information content (AvgIpc) is 2.86. The van der Waals surface area contributed by atoms with Crippen LogP contribution in [-0.4, -0.2) is 15.0 Å². The first-order valence-electron chi connectivity index (χ1n) is 10.2. The monoisotopic (exact) mass is 450 g/mol. The molecule has 0 amide bonds. The van der Waals surface area contributed by atoms with Crippen molar-refractivity contribution in [1.82, 2.24) is 15.0 Å². The molecular formula is C24H30N6O3. The van der Waals surface area contributed by atoms with Crippen molar-refractivity contribution in [2.75, 3.05) is 0 Å². The fourth-order valence-corrected chi connectivity index (χ4v) is 2.25. The quantitative estimate of drug-likeness (QED) is 0.336. The molecule has 3 aromatic carbocycles. The summed E-state index contributed by atoms with van der Waals surface area (Å²) in [6, 6.07) is 27.4. The molecule has 0 aliphatic rings. The van der Waals surface area contributed by atoms with Gasteiger partial charge in [-0.15, -0.1) is 0 Å². The Labute approximate surface area is 193 Å². The molecule has 1 heterocycles. The second kappa shape index (κ2) is 16.6. The second-order valence-corrected chi connectivity index (χ2v) is 6.39. The third kappa shape index (κ3) is 13.1. The first kappa shape index (κ1) is 27.0. The van der Waals surface area contributed by atoms with Crippen molar-refractivity contribution in [1.29, 1.82) is 0 Å². The number of hydrogen-bond donors (Lipinski definition) is 3. The van der Waals surface area contributed by atoms with E-state index in [4.69, 9.17) is 0 Å². The minimum Gasteiger partial charge on any atom is -0.844 e. The Hall–Kier alpha value is -4.05. The summed E-state index contributed by atoms with van der Waals surface area (Å²) < 4.78 is 0. The lowest BCUT2D eigenvalue weighted by Gasteiger charge is -2.12. The van der Waals surface area contributed by atoms with Crippen molar-refractivity contribution in [3.8, 4) is 18.0 Å². The third-order valence-electron chi connectivity index (χ3n) is 3.97. The Morgan fingerprint density at radius 3 is 0.788 bits per heavy atom. The highest BCUT2D eigenvalue weighted by Crippen LogP contribution is 2.01. The lowest BCUT2D eigenvalue weighted by molar-refractivity contribution is -0.386. The number of rotatable bonds is 3. The molecule has 9 heteroatoms. The summed E-state index contributed by atoms with van der Waals surface area (Å²) in [5.74, 6) is 0. The molecular weight excluding hydrogens is 420 g/mol. The summed E-state index contributed by atoms with van der Waals surface area (Å²) in [5.41, 5.74) is 15.2. The highest BCUT2D eigenvalue weighted by Gasteiger charge is 1.84. The van der Waals surface area contributed by atoms with E-state index >= 15 is 0 Å². The predicted molar refractivity (Wildman–Crippen MR) is 117 cm³/mol. The van der Waals surface area contributed by atoms with Crippen LogP contribution in [0.5, 0.6) is 18.0 Å². The summed E-state index contributed by atoms with van der Waals surface area (Å²) in [4.78, 5) is 8.10. The van der Waals surface area contributed by atoms with Gasteiger partial charge in [0.05, 0.1) is 37.7 Å². The molecule has 0 aliphatic carbocycles. The van der Waals surface area contributed by atoms with Gasteiger partial charge in [-0.25, -0.2) is 15.0 Å². The van der Waals surface area contributed by atoms with Crippen LogP contribution in [0.15, 0.2) is 91.0 Å². The summed E-state index contributed by atoms with van der Waals surface area (Å²) >= 11 is 0. The summed E-state index contributed by atoms with van der Waals surface area (Å²) in [7, 11) is 0. The fraction of sp³-hybridized carbons (Fsp3) is 0.125. The molecule has 0 unspecified atom stereocenters. The van der Waals surface area contributed by atoms with E-state index in [0.717, 1.165) is 19.6 Å². The molecule has 0 aliphatic heterocycles. The van der Waals surface area contributed by atoms with Crippen molar-refractivity contribution < 1.29 is 32.5 Å². The number of aromatic nitrogens is 3. The van der Waals surface area contributed by atoms with Crippen LogP contribution in [0.4, 0.5) is 0 Å². The number of hydrogen-bond acceptors (Lipinski definition) is 6. The van der Waals surface area contributed by atoms with Gasteiger partial charge in [0.15, 0.2) is 0 Å². The van der Waals surface area contributed by atoms with Gasteiger partial charge in [0.2, 0.25) is 0 Å². The Morgan fingerprint density at radius 2 is 0.636 bits per heavy atom. The molecule has 0 radical (unpaired) electrons. The van der Waals surface area contributed by atoms with Gasteiger partial charge in [0.1, 0.15) is 0 Å². The number of benzene rings is 3. The Morgan fingerprint density at radius 1 is 0.424 bits per heavy atom. The van der Waals surface area contributed by atoms with Crippen LogP contribution in [0.25, 0.3) is 0 Å². The molecule has 0 atom stereocenters. The van der Waals surface area contributed by atoms with E-state index in [0.29, 0.717) is 0 Å². The van der Waals surface area contributed by atoms with E-state index in [9.17, 15) is 15.3 Å². The van der Waals surface area contributed by atoms with Gasteiger partial charge in [-0.3, -0.25) is 0 Å². The van der Waals surface area contributed by atoms with E-state index < -0.39 is 18.0 Å². The molecule has 0 saturated carbocycles. The molecule has 9 N–H and O–H groups in total. The Kier molecular flexibility index (Phi) is 13.6. The maximum atomic E-state index is 10.0. The van der Waals surface area contributed by atoms with Gasteiger partial charge in [-0.1, -0.05) is 91.0 Å². The zero-order chi connectivity index (χ0) is 24.3. The maximum Gasteiger partial charge on any atom is 0.0997 e. The normalized spacial score (nSPS) is 9.18. The van der Waals surface area contributed by atoms with Crippen molar-refractivity contribution in [3.05, 3.63) is 108 Å². The van der Waals surface area contributed by atoms with Gasteiger partial charge in [-0.05, 0) is 0 Å². The molecule has 0 bridgehead atoms. The fourth-order valence-electron chi connectivity index (χ4n) is 2.25. The molecule has 9 nitrogen and oxygen atoms in total. The van der Waals surface area contributed by atoms with Crippen LogP contribution in [-0.2, 0) is 19.6 Å². The van der Waals surface area contributed by atoms with E-state index in [1.165, 1.54) is 16.7 Å². The minimum atomic E-state index is -1.08. The molecule has 4 rings (SSSR count). The van der Waals surface area contributed by atoms with Crippen LogP contribution < -0.4 is 32.5 Å². The maximum absolute atomic E-state index is 10.0. The molecule has 1 aromatic heterocycles. The van der Waals surface area contributed by atoms with Crippen LogP contribution in [0.2, 0.25) is 0 Å². The highest BCUT2D eigenvalue weighted by molar-refractivity contribution is 5.14. The topological polar surface area (TPSA) is 191 Å². The van der Waals surface area contributed by atoms with E-state index in [1.807, 2.05) is 54.6 Å². The SMILES string of the molecule is [NH3+]Cc1ccccc1.[NH3+]Cc1ccccc1.[NH3+]Cc1ccccc1.[O-]c1nc([O-])nc([O-])n1. The molecule has 0 saturated heterocycles. The first-order chi connectivity index (χ1) is 16.0. The van der Waals surface area contributed by atoms with Crippen molar-refractivity contribution in [2.45, 2.75) is 19.6 Å². The molecule has 33 heavy (non-hydrogen) atoms. The van der Waals surface area contributed by atoms with Gasteiger partial charge >= 0.3 is 0 Å². The summed E-state index contributed by atoms with van der Waals surface area (Å²) in [6.07, 6.45) is 0. The van der Waals surface area contributed by atoms with Gasteiger partial charge in [0.25, 0.3) is 0 Å². The lowest BCUT2D eigenvalue weighted by atomic mass is 10.2. The van der Waals surface area contributed by atoms with Crippen LogP contribution >= 0.6 is 0 Å². The Bertz CT molecular complexity index is 862. The first-order valence-corrected chi connectivity index (χ1v) is 10.2. The van der Waals surface area contributed by atoms with Gasteiger partial charge in [-0.2, -0.15) is 0 Å². The Balaban J connectivity index is 0.000000220. The highest BCUT2D eigenvalue weighted by atomic mass is 16.3. The molecule has 174 valence electrons. The standard InChI is InChI=1S/3C7H9N.C3H3N3O3/c3*8-6-7-4-2-1-3-5-7;7-1-4-2(8)6-3(9)5-1/h3*1-5H,6,8H2;(H3,4,5,6,7,8,9). The lowest BCUT2D eigenvalue weighted by Crippen LogP contribution is -2.47. The van der Waals surface area contributed by atoms with E-state index in [1.54, 1.807) is 0 Å². The van der Waals surface area contributed by atoms with E-state index in [-0.39, 0.29) is 0 Å². The van der Waals surface area contributed by atoms with Crippen LogP contribution in [0, 0.1) is 0 Å². The van der Waals surface area contributed by atoms with Crippen LogP contribution in [0.1, 0.15) is 16.7 Å². The predicted octanol–water partition coefficient (Wildman–Crippen LogP) is -1.62. The molecule has 0 fully saturated rings. The second-order valence-electron chi connectivity index (χ2n) is 6.39. The van der Waals surface area contributed by atoms with E-state index in [2.05, 4.69) is 68.6 Å². The van der Waals surface area contributed by atoms with Gasteiger partial charge in [0, 0.05) is 16.7 Å². The average molecular weight is 451 g/mol. The molecule has 4 aromatic rings. The number of quaternary nitrogens is 3. The number of nitrogens with zero attached hydrogens (tertiary/aromatic N) is 3. The third-order valence-corrected chi connectivity index (χ3v) is 3.97. The zero-order valence-corrected chi connectivity index (χ0v) is 18.5. The van der Waals surface area contributed by atoms with Gasteiger partial charge < -0.3 is 32.5 Å². The van der Waals surface area contributed by atoms with Crippen LogP contribution in [0.3, 0.4) is 0 Å². The largest absolute Gasteiger partial charge is 0.844 e. The summed E-state index contributed by atoms with van der Waals surface area (Å²) in [6.45, 7) is 2.67. The smallest absolute Gasteiger partial charge is 0.0997 e. The zero-order valence-electron chi connectivity index (χ0n) is 18.5. The molecule has 0 spiro atoms. The van der Waals surface area contributed by atoms with Crippen molar-refractivity contribution >= 4 is 0 Å². The van der Waals surface area contributed by atoms with Crippen molar-refractivity contribution in [2.24, 2.45) is 0 Å². The van der Waals surface area contributed by atoms with Crippen molar-refractivity contribution in [3.63, 3.8) is 0 Å². The summed E-state index contributed by atoms with van der Waals surface area (Å²) in [5, 5.41) is 30.1. The minimum absolute atomic E-state index is 0.890.